The van der Waals surface area contributed by atoms with Crippen LogP contribution in [-0.2, 0) is 22.6 Å². The molecule has 1 saturated carbocycles. The summed E-state index contributed by atoms with van der Waals surface area (Å²) in [4.78, 5) is 26.2. The number of hydrogen-bond donors (Lipinski definition) is 2. The number of carbonyl (C=O) groups excluding carboxylic acids is 2. The predicted octanol–water partition coefficient (Wildman–Crippen LogP) is 1.24. The van der Waals surface area contributed by atoms with Gasteiger partial charge >= 0.3 is 0 Å². The van der Waals surface area contributed by atoms with Crippen LogP contribution in [0.25, 0.3) is 0 Å². The van der Waals surface area contributed by atoms with Gasteiger partial charge in [0.1, 0.15) is 6.04 Å². The zero-order chi connectivity index (χ0) is 16.4. The SMILES string of the molecule is CC(=O)N1Cc2ccccc2CC1C(=O)NCC1CCCC1O. The molecular weight excluding hydrogens is 292 g/mol. The lowest BCUT2D eigenvalue weighted by atomic mass is 9.93. The van der Waals surface area contributed by atoms with Crippen molar-refractivity contribution in [2.45, 2.75) is 51.3 Å². The molecule has 1 aromatic rings. The smallest absolute Gasteiger partial charge is 0.243 e. The van der Waals surface area contributed by atoms with Crippen molar-refractivity contribution in [3.05, 3.63) is 35.4 Å². The van der Waals surface area contributed by atoms with Gasteiger partial charge in [-0.1, -0.05) is 30.7 Å². The number of amides is 2. The maximum atomic E-state index is 12.6. The molecule has 124 valence electrons. The second kappa shape index (κ2) is 6.71. The van der Waals surface area contributed by atoms with Gasteiger partial charge in [-0.2, -0.15) is 0 Å². The number of hydrogen-bond acceptors (Lipinski definition) is 3. The number of rotatable bonds is 3. The van der Waals surface area contributed by atoms with Crippen LogP contribution >= 0.6 is 0 Å². The maximum Gasteiger partial charge on any atom is 0.243 e. The van der Waals surface area contributed by atoms with Gasteiger partial charge in [0.15, 0.2) is 0 Å². The molecule has 0 spiro atoms. The molecule has 23 heavy (non-hydrogen) atoms. The highest BCUT2D eigenvalue weighted by atomic mass is 16.3. The Hall–Kier alpha value is -1.88. The Kier molecular flexibility index (Phi) is 4.66. The molecular formula is C18H24N2O3. The molecule has 0 saturated heterocycles. The summed E-state index contributed by atoms with van der Waals surface area (Å²) in [6, 6.07) is 7.49. The number of aliphatic hydroxyl groups is 1. The van der Waals surface area contributed by atoms with Gasteiger partial charge in [-0.25, -0.2) is 0 Å². The second-order valence-electron chi connectivity index (χ2n) is 6.64. The summed E-state index contributed by atoms with van der Waals surface area (Å²) in [5.74, 6) is -0.0602. The number of aliphatic hydroxyl groups excluding tert-OH is 1. The minimum atomic E-state index is -0.457. The van der Waals surface area contributed by atoms with Gasteiger partial charge in [0.05, 0.1) is 6.10 Å². The van der Waals surface area contributed by atoms with Crippen LogP contribution in [0, 0.1) is 5.92 Å². The van der Waals surface area contributed by atoms with E-state index in [1.165, 1.54) is 6.92 Å². The molecule has 3 atom stereocenters. The third-order valence-corrected chi connectivity index (χ3v) is 5.11. The van der Waals surface area contributed by atoms with Gasteiger partial charge in [-0.15, -0.1) is 0 Å². The Morgan fingerprint density at radius 1 is 1.26 bits per heavy atom. The summed E-state index contributed by atoms with van der Waals surface area (Å²) >= 11 is 0. The monoisotopic (exact) mass is 316 g/mol. The molecule has 2 N–H and O–H groups in total. The van der Waals surface area contributed by atoms with Crippen molar-refractivity contribution in [2.24, 2.45) is 5.92 Å². The lowest BCUT2D eigenvalue weighted by molar-refractivity contribution is -0.140. The highest BCUT2D eigenvalue weighted by Gasteiger charge is 2.34. The van der Waals surface area contributed by atoms with Gasteiger partial charge in [0, 0.05) is 32.4 Å². The van der Waals surface area contributed by atoms with Crippen LogP contribution in [0.2, 0.25) is 0 Å². The van der Waals surface area contributed by atoms with E-state index >= 15 is 0 Å². The Balaban J connectivity index is 1.69. The minimum Gasteiger partial charge on any atom is -0.393 e. The lowest BCUT2D eigenvalue weighted by Crippen LogP contribution is -2.52. The van der Waals surface area contributed by atoms with Gasteiger partial charge < -0.3 is 15.3 Å². The van der Waals surface area contributed by atoms with E-state index in [9.17, 15) is 14.7 Å². The minimum absolute atomic E-state index is 0.0828. The summed E-state index contributed by atoms with van der Waals surface area (Å²) in [7, 11) is 0. The van der Waals surface area contributed by atoms with E-state index in [1.54, 1.807) is 4.90 Å². The van der Waals surface area contributed by atoms with E-state index in [-0.39, 0.29) is 23.8 Å². The quantitative estimate of drug-likeness (QED) is 0.881. The Morgan fingerprint density at radius 3 is 2.65 bits per heavy atom. The first-order valence-electron chi connectivity index (χ1n) is 8.36. The van der Waals surface area contributed by atoms with E-state index in [1.807, 2.05) is 24.3 Å². The summed E-state index contributed by atoms with van der Waals surface area (Å²) in [6.45, 7) is 2.48. The van der Waals surface area contributed by atoms with Gasteiger partial charge in [0.25, 0.3) is 0 Å². The molecule has 2 amide bonds. The van der Waals surface area contributed by atoms with Crippen molar-refractivity contribution in [1.29, 1.82) is 0 Å². The third-order valence-electron chi connectivity index (χ3n) is 5.11. The van der Waals surface area contributed by atoms with E-state index in [2.05, 4.69) is 5.32 Å². The summed E-state index contributed by atoms with van der Waals surface area (Å²) in [5, 5.41) is 12.8. The second-order valence-corrected chi connectivity index (χ2v) is 6.64. The molecule has 5 nitrogen and oxygen atoms in total. The molecule has 1 aliphatic carbocycles. The summed E-state index contributed by atoms with van der Waals surface area (Å²) in [6.07, 6.45) is 3.01. The Labute approximate surface area is 136 Å². The topological polar surface area (TPSA) is 69.6 Å². The standard InChI is InChI=1S/C18H24N2O3/c1-12(21)20-11-15-6-3-2-5-13(15)9-16(20)18(23)19-10-14-7-4-8-17(14)22/h2-3,5-6,14,16-17,22H,4,7-11H2,1H3,(H,19,23). The molecule has 3 rings (SSSR count). The van der Waals surface area contributed by atoms with Crippen molar-refractivity contribution in [1.82, 2.24) is 10.2 Å². The molecule has 0 bridgehead atoms. The van der Waals surface area contributed by atoms with E-state index in [0.29, 0.717) is 19.5 Å². The van der Waals surface area contributed by atoms with Gasteiger partial charge in [-0.3, -0.25) is 9.59 Å². The van der Waals surface area contributed by atoms with Crippen molar-refractivity contribution in [3.63, 3.8) is 0 Å². The zero-order valence-corrected chi connectivity index (χ0v) is 13.5. The first-order valence-corrected chi connectivity index (χ1v) is 8.36. The van der Waals surface area contributed by atoms with Crippen molar-refractivity contribution in [2.75, 3.05) is 6.54 Å². The number of benzene rings is 1. The average Bonchev–Trinajstić information content (AvgIpc) is 2.96. The van der Waals surface area contributed by atoms with Crippen molar-refractivity contribution in [3.8, 4) is 0 Å². The first-order chi connectivity index (χ1) is 11.1. The molecule has 0 aromatic heterocycles. The largest absolute Gasteiger partial charge is 0.393 e. The fraction of sp³-hybridized carbons (Fsp3) is 0.556. The fourth-order valence-corrected chi connectivity index (χ4v) is 3.69. The zero-order valence-electron chi connectivity index (χ0n) is 13.5. The molecule has 1 heterocycles. The molecule has 3 unspecified atom stereocenters. The number of nitrogens with zero attached hydrogens (tertiary/aromatic N) is 1. The van der Waals surface area contributed by atoms with E-state index < -0.39 is 6.04 Å². The molecule has 1 fully saturated rings. The highest BCUT2D eigenvalue weighted by Crippen LogP contribution is 2.26. The Bertz CT molecular complexity index is 602. The van der Waals surface area contributed by atoms with E-state index in [0.717, 1.165) is 30.4 Å². The van der Waals surface area contributed by atoms with Crippen molar-refractivity contribution < 1.29 is 14.7 Å². The van der Waals surface area contributed by atoms with Crippen LogP contribution in [0.1, 0.15) is 37.3 Å². The van der Waals surface area contributed by atoms with Crippen LogP contribution in [-0.4, -0.2) is 40.5 Å². The first kappa shape index (κ1) is 16.0. The summed E-state index contributed by atoms with van der Waals surface area (Å²) < 4.78 is 0. The van der Waals surface area contributed by atoms with Crippen LogP contribution in [0.5, 0.6) is 0 Å². The molecule has 1 aromatic carbocycles. The van der Waals surface area contributed by atoms with Crippen LogP contribution < -0.4 is 5.32 Å². The van der Waals surface area contributed by atoms with Crippen LogP contribution in [0.15, 0.2) is 24.3 Å². The maximum absolute atomic E-state index is 12.6. The van der Waals surface area contributed by atoms with E-state index in [4.69, 9.17) is 0 Å². The average molecular weight is 316 g/mol. The number of carbonyl (C=O) groups is 2. The summed E-state index contributed by atoms with van der Waals surface area (Å²) in [5.41, 5.74) is 2.24. The number of nitrogens with one attached hydrogen (secondary N) is 1. The normalized spacial score (nSPS) is 26.7. The van der Waals surface area contributed by atoms with Gasteiger partial charge in [0.2, 0.25) is 11.8 Å². The van der Waals surface area contributed by atoms with Crippen LogP contribution in [0.4, 0.5) is 0 Å². The molecule has 1 aliphatic heterocycles. The van der Waals surface area contributed by atoms with Crippen LogP contribution in [0.3, 0.4) is 0 Å². The number of fused-ring (bicyclic) bond motifs is 1. The Morgan fingerprint density at radius 2 is 2.00 bits per heavy atom. The molecule has 0 radical (unpaired) electrons. The third kappa shape index (κ3) is 3.39. The highest BCUT2D eigenvalue weighted by molar-refractivity contribution is 5.87. The lowest BCUT2D eigenvalue weighted by Gasteiger charge is -2.35. The molecule has 2 aliphatic rings. The van der Waals surface area contributed by atoms with Crippen molar-refractivity contribution >= 4 is 11.8 Å². The van der Waals surface area contributed by atoms with Gasteiger partial charge in [-0.05, 0) is 24.0 Å². The molecule has 5 heteroatoms. The fourth-order valence-electron chi connectivity index (χ4n) is 3.69. The predicted molar refractivity (Wildman–Crippen MR) is 86.5 cm³/mol.